The number of hydrogen-bond acceptors (Lipinski definition) is 2. The topological polar surface area (TPSA) is 30.2 Å². The number of hydrogen-bond donors (Lipinski definition) is 0. The van der Waals surface area contributed by atoms with E-state index in [1.54, 1.807) is 6.20 Å². The number of aromatic nitrogens is 2. The molecule has 0 spiro atoms. The number of benzene rings is 1. The van der Waals surface area contributed by atoms with Gasteiger partial charge in [0, 0.05) is 29.9 Å². The average Bonchev–Trinajstić information content (AvgIpc) is 3.35. The van der Waals surface area contributed by atoms with Crippen LogP contribution in [0, 0.1) is 11.6 Å². The zero-order valence-electron chi connectivity index (χ0n) is 14.2. The Kier molecular flexibility index (Phi) is 4.60. The molecule has 0 bridgehead atoms. The van der Waals surface area contributed by atoms with Crippen molar-refractivity contribution < 1.29 is 8.78 Å². The Labute approximate surface area is 140 Å². The molecule has 24 heavy (non-hydrogen) atoms. The summed E-state index contributed by atoms with van der Waals surface area (Å²) in [6, 6.07) is 2.72. The monoisotopic (exact) mass is 329 g/mol. The Balaban J connectivity index is 2.22. The number of aliphatic imine (C=N–C) groups is 1. The van der Waals surface area contributed by atoms with Gasteiger partial charge >= 0.3 is 0 Å². The molecule has 0 atom stereocenters. The van der Waals surface area contributed by atoms with Crippen molar-refractivity contribution in [2.45, 2.75) is 46.1 Å². The van der Waals surface area contributed by atoms with E-state index in [0.717, 1.165) is 36.4 Å². The first-order valence-electron chi connectivity index (χ1n) is 8.32. The third kappa shape index (κ3) is 2.90. The molecule has 0 amide bonds. The van der Waals surface area contributed by atoms with Gasteiger partial charge in [0.05, 0.1) is 16.7 Å². The van der Waals surface area contributed by atoms with Gasteiger partial charge in [-0.1, -0.05) is 19.1 Å². The highest BCUT2D eigenvalue weighted by molar-refractivity contribution is 6.23. The fourth-order valence-electron chi connectivity index (χ4n) is 2.92. The molecule has 1 fully saturated rings. The van der Waals surface area contributed by atoms with Gasteiger partial charge in [-0.05, 0) is 33.1 Å². The number of rotatable bonds is 5. The fraction of sp³-hybridized carbons (Fsp3) is 0.368. The summed E-state index contributed by atoms with van der Waals surface area (Å²) < 4.78 is 29.4. The summed E-state index contributed by atoms with van der Waals surface area (Å²) >= 11 is 0. The summed E-state index contributed by atoms with van der Waals surface area (Å²) in [7, 11) is 0. The maximum atomic E-state index is 13.7. The van der Waals surface area contributed by atoms with Crippen LogP contribution in [0.1, 0.15) is 51.9 Å². The minimum absolute atomic E-state index is 0.296. The molecular weight excluding hydrogens is 308 g/mol. The van der Waals surface area contributed by atoms with E-state index >= 15 is 0 Å². The Hall–Kier alpha value is -2.30. The van der Waals surface area contributed by atoms with Gasteiger partial charge in [-0.15, -0.1) is 0 Å². The Bertz CT molecular complexity index is 855. The van der Waals surface area contributed by atoms with Gasteiger partial charge in [0.1, 0.15) is 5.82 Å². The highest BCUT2D eigenvalue weighted by atomic mass is 19.2. The standard InChI is InChI=1S/C19H21F2N3/c1-4-9-22-16(6-3)13(5-2)19-23-17-10-14(20)15(21)11-18(17)24(19)12-7-8-12/h4-5,9-12H,6-8H2,1-3H3/b9-4-,13-5+,22-16-. The third-order valence-electron chi connectivity index (χ3n) is 4.20. The smallest absolute Gasteiger partial charge is 0.161 e. The van der Waals surface area contributed by atoms with Crippen LogP contribution in [0.2, 0.25) is 0 Å². The second-order valence-corrected chi connectivity index (χ2v) is 5.91. The molecular formula is C19H21F2N3. The van der Waals surface area contributed by atoms with Crippen LogP contribution in [0.25, 0.3) is 16.6 Å². The molecule has 0 aliphatic heterocycles. The van der Waals surface area contributed by atoms with E-state index in [4.69, 9.17) is 0 Å². The molecule has 1 heterocycles. The first-order chi connectivity index (χ1) is 11.6. The van der Waals surface area contributed by atoms with Crippen molar-refractivity contribution in [2.75, 3.05) is 0 Å². The molecule has 0 unspecified atom stereocenters. The van der Waals surface area contributed by atoms with Crippen LogP contribution in [-0.4, -0.2) is 15.3 Å². The highest BCUT2D eigenvalue weighted by Crippen LogP contribution is 2.40. The van der Waals surface area contributed by atoms with Crippen LogP contribution in [0.3, 0.4) is 0 Å². The maximum Gasteiger partial charge on any atom is 0.161 e. The van der Waals surface area contributed by atoms with Crippen LogP contribution < -0.4 is 0 Å². The van der Waals surface area contributed by atoms with Crippen molar-refractivity contribution in [1.82, 2.24) is 9.55 Å². The van der Waals surface area contributed by atoms with E-state index in [2.05, 4.69) is 9.98 Å². The number of nitrogens with zero attached hydrogens (tertiary/aromatic N) is 3. The molecule has 0 radical (unpaired) electrons. The van der Waals surface area contributed by atoms with Gasteiger partial charge in [0.15, 0.2) is 11.6 Å². The summed E-state index contributed by atoms with van der Waals surface area (Å²) in [5.74, 6) is -0.962. The predicted molar refractivity (Wildman–Crippen MR) is 94.1 cm³/mol. The van der Waals surface area contributed by atoms with Crippen LogP contribution in [0.15, 0.2) is 35.5 Å². The second kappa shape index (κ2) is 6.67. The van der Waals surface area contributed by atoms with Gasteiger partial charge in [-0.25, -0.2) is 13.8 Å². The molecule has 0 N–H and O–H groups in total. The van der Waals surface area contributed by atoms with Crippen LogP contribution >= 0.6 is 0 Å². The first kappa shape index (κ1) is 16.6. The van der Waals surface area contributed by atoms with Gasteiger partial charge in [0.25, 0.3) is 0 Å². The zero-order chi connectivity index (χ0) is 17.3. The van der Waals surface area contributed by atoms with E-state index in [1.807, 2.05) is 37.5 Å². The quantitative estimate of drug-likeness (QED) is 0.672. The van der Waals surface area contributed by atoms with Crippen molar-refractivity contribution in [3.05, 3.63) is 47.9 Å². The highest BCUT2D eigenvalue weighted by Gasteiger charge is 2.30. The minimum Gasteiger partial charge on any atom is -0.321 e. The molecule has 5 heteroatoms. The lowest BCUT2D eigenvalue weighted by atomic mass is 10.1. The molecule has 1 aliphatic carbocycles. The van der Waals surface area contributed by atoms with Crippen molar-refractivity contribution in [3.8, 4) is 0 Å². The third-order valence-corrected chi connectivity index (χ3v) is 4.20. The van der Waals surface area contributed by atoms with Crippen molar-refractivity contribution in [1.29, 1.82) is 0 Å². The fourth-order valence-corrected chi connectivity index (χ4v) is 2.92. The summed E-state index contributed by atoms with van der Waals surface area (Å²) in [6.07, 6.45) is 8.41. The minimum atomic E-state index is -0.866. The van der Waals surface area contributed by atoms with E-state index in [-0.39, 0.29) is 0 Å². The SMILES string of the molecule is C\C=C/N=C(CC)\C(=C/C)c1nc2cc(F)c(F)cc2n1C1CC1. The summed E-state index contributed by atoms with van der Waals surface area (Å²) in [4.78, 5) is 9.11. The Morgan fingerprint density at radius 2 is 2.00 bits per heavy atom. The Morgan fingerprint density at radius 1 is 1.29 bits per heavy atom. The number of halogens is 2. The Morgan fingerprint density at radius 3 is 2.58 bits per heavy atom. The molecule has 1 aliphatic rings. The van der Waals surface area contributed by atoms with Crippen LogP contribution in [0.5, 0.6) is 0 Å². The van der Waals surface area contributed by atoms with Gasteiger partial charge < -0.3 is 4.57 Å². The maximum absolute atomic E-state index is 13.7. The predicted octanol–water partition coefficient (Wildman–Crippen LogP) is 5.44. The summed E-state index contributed by atoms with van der Waals surface area (Å²) in [5, 5.41) is 0. The lowest BCUT2D eigenvalue weighted by Gasteiger charge is -2.12. The number of allylic oxidation sites excluding steroid dienone is 3. The first-order valence-corrected chi connectivity index (χ1v) is 8.32. The lowest BCUT2D eigenvalue weighted by molar-refractivity contribution is 0.510. The molecule has 2 aromatic rings. The van der Waals surface area contributed by atoms with E-state index in [9.17, 15) is 8.78 Å². The van der Waals surface area contributed by atoms with E-state index < -0.39 is 11.6 Å². The molecule has 1 saturated carbocycles. The largest absolute Gasteiger partial charge is 0.321 e. The lowest BCUT2D eigenvalue weighted by Crippen LogP contribution is -2.08. The molecule has 126 valence electrons. The molecule has 3 nitrogen and oxygen atoms in total. The van der Waals surface area contributed by atoms with Crippen LogP contribution in [-0.2, 0) is 0 Å². The summed E-state index contributed by atoms with van der Waals surface area (Å²) in [6.45, 7) is 5.89. The molecule has 1 aromatic carbocycles. The average molecular weight is 329 g/mol. The van der Waals surface area contributed by atoms with E-state index in [0.29, 0.717) is 17.1 Å². The molecule has 3 rings (SSSR count). The van der Waals surface area contributed by atoms with Crippen LogP contribution in [0.4, 0.5) is 8.78 Å². The van der Waals surface area contributed by atoms with E-state index in [1.165, 1.54) is 12.1 Å². The second-order valence-electron chi connectivity index (χ2n) is 5.91. The molecule has 0 saturated heterocycles. The van der Waals surface area contributed by atoms with Crippen molar-refractivity contribution >= 4 is 22.3 Å². The normalized spacial score (nSPS) is 16.5. The van der Waals surface area contributed by atoms with Crippen molar-refractivity contribution in [3.63, 3.8) is 0 Å². The molecule has 1 aromatic heterocycles. The van der Waals surface area contributed by atoms with Crippen molar-refractivity contribution in [2.24, 2.45) is 4.99 Å². The van der Waals surface area contributed by atoms with Gasteiger partial charge in [-0.3, -0.25) is 4.99 Å². The van der Waals surface area contributed by atoms with Gasteiger partial charge in [0.2, 0.25) is 0 Å². The number of imidazole rings is 1. The number of fused-ring (bicyclic) bond motifs is 1. The zero-order valence-corrected chi connectivity index (χ0v) is 14.2. The van der Waals surface area contributed by atoms with Gasteiger partial charge in [-0.2, -0.15) is 0 Å². The summed E-state index contributed by atoms with van der Waals surface area (Å²) in [5.41, 5.74) is 2.96.